The van der Waals surface area contributed by atoms with Crippen molar-refractivity contribution in [2.75, 3.05) is 0 Å². The SMILES string of the molecule is Cc1nc2c(-c3ccc(F)cc3F)c3s[nH]c(=O)c3c(=O)n2cc1F. The lowest BCUT2D eigenvalue weighted by molar-refractivity contribution is 0.585. The summed E-state index contributed by atoms with van der Waals surface area (Å²) < 4.78 is 45.0. The van der Waals surface area contributed by atoms with Crippen LogP contribution in [-0.4, -0.2) is 13.8 Å². The fraction of sp³-hybridized carbons (Fsp3) is 0.0625. The maximum Gasteiger partial charge on any atom is 0.271 e. The van der Waals surface area contributed by atoms with Crippen LogP contribution in [0.5, 0.6) is 0 Å². The van der Waals surface area contributed by atoms with Gasteiger partial charge in [0.1, 0.15) is 22.7 Å². The molecule has 0 saturated heterocycles. The first-order valence-electron chi connectivity index (χ1n) is 7.06. The third-order valence-electron chi connectivity index (χ3n) is 3.87. The number of pyridine rings is 1. The van der Waals surface area contributed by atoms with Crippen LogP contribution in [0.1, 0.15) is 5.69 Å². The second-order valence-corrected chi connectivity index (χ2v) is 6.23. The van der Waals surface area contributed by atoms with Crippen LogP contribution >= 0.6 is 11.5 Å². The van der Waals surface area contributed by atoms with E-state index in [4.69, 9.17) is 0 Å². The van der Waals surface area contributed by atoms with Gasteiger partial charge in [0.15, 0.2) is 5.82 Å². The molecule has 0 amide bonds. The van der Waals surface area contributed by atoms with Crippen molar-refractivity contribution >= 4 is 27.3 Å². The van der Waals surface area contributed by atoms with Gasteiger partial charge in [-0.2, -0.15) is 0 Å². The van der Waals surface area contributed by atoms with E-state index in [1.165, 1.54) is 13.0 Å². The molecule has 0 bridgehead atoms. The average Bonchev–Trinajstić information content (AvgIpc) is 2.93. The number of benzene rings is 1. The van der Waals surface area contributed by atoms with Gasteiger partial charge in [-0.15, -0.1) is 0 Å². The zero-order valence-corrected chi connectivity index (χ0v) is 13.4. The molecular formula is C16H8F3N3O2S. The molecule has 0 aliphatic heterocycles. The monoisotopic (exact) mass is 363 g/mol. The second-order valence-electron chi connectivity index (χ2n) is 5.41. The fourth-order valence-corrected chi connectivity index (χ4v) is 3.58. The Kier molecular flexibility index (Phi) is 3.29. The van der Waals surface area contributed by atoms with Gasteiger partial charge in [-0.1, -0.05) is 11.5 Å². The minimum Gasteiger partial charge on any atom is -0.277 e. The van der Waals surface area contributed by atoms with Crippen molar-refractivity contribution in [2.45, 2.75) is 6.92 Å². The summed E-state index contributed by atoms with van der Waals surface area (Å²) in [5, 5.41) is -0.230. The van der Waals surface area contributed by atoms with Crippen molar-refractivity contribution in [1.82, 2.24) is 13.8 Å². The molecule has 126 valence electrons. The van der Waals surface area contributed by atoms with Crippen LogP contribution in [-0.2, 0) is 0 Å². The predicted octanol–water partition coefficient (Wildman–Crippen LogP) is 2.99. The number of rotatable bonds is 1. The number of nitrogens with zero attached hydrogens (tertiary/aromatic N) is 2. The molecule has 3 heterocycles. The molecule has 4 rings (SSSR count). The molecule has 4 aromatic rings. The third kappa shape index (κ3) is 2.19. The summed E-state index contributed by atoms with van der Waals surface area (Å²) in [5.74, 6) is -2.40. The summed E-state index contributed by atoms with van der Waals surface area (Å²) in [5.41, 5.74) is -1.35. The topological polar surface area (TPSA) is 67.2 Å². The standard InChI is InChI=1S/C16H8F3N3O2S/c1-6-10(19)5-22-14(20-6)11(8-3-2-7(17)4-9(8)18)13-12(16(22)24)15(23)21-25-13/h2-5H,1H3,(H,21,23). The highest BCUT2D eigenvalue weighted by molar-refractivity contribution is 7.14. The van der Waals surface area contributed by atoms with Crippen LogP contribution in [0.2, 0.25) is 0 Å². The molecule has 0 fully saturated rings. The molecule has 1 N–H and O–H groups in total. The summed E-state index contributed by atoms with van der Waals surface area (Å²) in [6, 6.07) is 2.93. The molecule has 1 aromatic carbocycles. The maximum atomic E-state index is 14.4. The highest BCUT2D eigenvalue weighted by Gasteiger charge is 2.22. The number of aromatic amines is 1. The van der Waals surface area contributed by atoms with Gasteiger partial charge in [0.2, 0.25) is 0 Å². The molecule has 0 aliphatic carbocycles. The summed E-state index contributed by atoms with van der Waals surface area (Å²) >= 11 is 0.842. The van der Waals surface area contributed by atoms with Crippen LogP contribution in [0.3, 0.4) is 0 Å². The van der Waals surface area contributed by atoms with Crippen LogP contribution in [0.4, 0.5) is 13.2 Å². The fourth-order valence-electron chi connectivity index (χ4n) is 2.70. The number of aryl methyl sites for hydroxylation is 1. The van der Waals surface area contributed by atoms with E-state index >= 15 is 0 Å². The Labute approximate surface area is 141 Å². The Morgan fingerprint density at radius 3 is 2.64 bits per heavy atom. The molecular weight excluding hydrogens is 355 g/mol. The van der Waals surface area contributed by atoms with Gasteiger partial charge in [0.05, 0.1) is 16.6 Å². The number of H-pyrrole nitrogens is 1. The van der Waals surface area contributed by atoms with Crippen molar-refractivity contribution in [3.63, 3.8) is 0 Å². The molecule has 0 saturated carbocycles. The lowest BCUT2D eigenvalue weighted by Gasteiger charge is -2.10. The Morgan fingerprint density at radius 2 is 1.92 bits per heavy atom. The van der Waals surface area contributed by atoms with Gasteiger partial charge in [0, 0.05) is 17.2 Å². The summed E-state index contributed by atoms with van der Waals surface area (Å²) in [7, 11) is 0. The van der Waals surface area contributed by atoms with E-state index < -0.39 is 28.6 Å². The average molecular weight is 363 g/mol. The first-order valence-corrected chi connectivity index (χ1v) is 7.88. The Bertz CT molecular complexity index is 1290. The quantitative estimate of drug-likeness (QED) is 0.565. The lowest BCUT2D eigenvalue weighted by atomic mass is 10.0. The number of aromatic nitrogens is 3. The van der Waals surface area contributed by atoms with Crippen LogP contribution in [0, 0.1) is 24.4 Å². The lowest BCUT2D eigenvalue weighted by Crippen LogP contribution is -2.21. The van der Waals surface area contributed by atoms with Crippen molar-refractivity contribution in [3.8, 4) is 11.1 Å². The molecule has 3 aromatic heterocycles. The van der Waals surface area contributed by atoms with E-state index in [1.54, 1.807) is 0 Å². The van der Waals surface area contributed by atoms with Gasteiger partial charge >= 0.3 is 0 Å². The number of hydrogen-bond donors (Lipinski definition) is 1. The van der Waals surface area contributed by atoms with E-state index in [9.17, 15) is 22.8 Å². The molecule has 0 aliphatic rings. The van der Waals surface area contributed by atoms with E-state index in [1.807, 2.05) is 0 Å². The Hall–Kier alpha value is -2.94. The van der Waals surface area contributed by atoms with E-state index in [0.717, 1.165) is 28.2 Å². The number of nitrogens with one attached hydrogen (secondary N) is 1. The molecule has 0 spiro atoms. The maximum absolute atomic E-state index is 14.4. The number of hydrogen-bond acceptors (Lipinski definition) is 4. The molecule has 0 atom stereocenters. The number of fused-ring (bicyclic) bond motifs is 2. The van der Waals surface area contributed by atoms with Gasteiger partial charge < -0.3 is 0 Å². The zero-order valence-electron chi connectivity index (χ0n) is 12.6. The van der Waals surface area contributed by atoms with E-state index in [2.05, 4.69) is 9.36 Å². The zero-order chi connectivity index (χ0) is 17.9. The smallest absolute Gasteiger partial charge is 0.271 e. The van der Waals surface area contributed by atoms with E-state index in [-0.39, 0.29) is 32.6 Å². The van der Waals surface area contributed by atoms with Gasteiger partial charge in [-0.05, 0) is 19.1 Å². The van der Waals surface area contributed by atoms with Gasteiger partial charge in [-0.3, -0.25) is 18.4 Å². The molecule has 0 radical (unpaired) electrons. The molecule has 5 nitrogen and oxygen atoms in total. The Balaban J connectivity index is 2.32. The van der Waals surface area contributed by atoms with Crippen LogP contribution in [0.15, 0.2) is 34.0 Å². The largest absolute Gasteiger partial charge is 0.277 e. The van der Waals surface area contributed by atoms with Crippen molar-refractivity contribution in [2.24, 2.45) is 0 Å². The van der Waals surface area contributed by atoms with Gasteiger partial charge in [-0.25, -0.2) is 18.2 Å². The summed E-state index contributed by atoms with van der Waals surface area (Å²) in [6.07, 6.45) is 0.904. The van der Waals surface area contributed by atoms with Crippen molar-refractivity contribution < 1.29 is 13.2 Å². The Morgan fingerprint density at radius 1 is 1.16 bits per heavy atom. The van der Waals surface area contributed by atoms with Crippen molar-refractivity contribution in [3.05, 3.63) is 68.2 Å². The molecule has 9 heteroatoms. The minimum atomic E-state index is -0.883. The van der Waals surface area contributed by atoms with Gasteiger partial charge in [0.25, 0.3) is 11.1 Å². The summed E-state index contributed by atoms with van der Waals surface area (Å²) in [4.78, 5) is 28.6. The van der Waals surface area contributed by atoms with Crippen LogP contribution < -0.4 is 11.1 Å². The normalized spacial score (nSPS) is 11.5. The first-order chi connectivity index (χ1) is 11.9. The minimum absolute atomic E-state index is 0.00500. The molecule has 0 unspecified atom stereocenters. The first kappa shape index (κ1) is 15.6. The predicted molar refractivity (Wildman–Crippen MR) is 87.5 cm³/mol. The molecule has 25 heavy (non-hydrogen) atoms. The second kappa shape index (κ2) is 5.28. The van der Waals surface area contributed by atoms with Crippen LogP contribution in [0.25, 0.3) is 26.9 Å². The van der Waals surface area contributed by atoms with Crippen molar-refractivity contribution in [1.29, 1.82) is 0 Å². The number of halogens is 3. The van der Waals surface area contributed by atoms with E-state index in [0.29, 0.717) is 6.07 Å². The highest BCUT2D eigenvalue weighted by atomic mass is 32.1. The third-order valence-corrected chi connectivity index (χ3v) is 4.77. The summed E-state index contributed by atoms with van der Waals surface area (Å²) in [6.45, 7) is 1.40. The highest BCUT2D eigenvalue weighted by Crippen LogP contribution is 2.33.